The molecule has 0 spiro atoms. The van der Waals surface area contributed by atoms with Gasteiger partial charge in [-0.05, 0) is 26.4 Å². The van der Waals surface area contributed by atoms with Crippen LogP contribution in [-0.2, 0) is 6.61 Å². The van der Waals surface area contributed by atoms with Gasteiger partial charge in [-0.3, -0.25) is 0 Å². The summed E-state index contributed by atoms with van der Waals surface area (Å²) >= 11 is 7.40. The van der Waals surface area contributed by atoms with Crippen LogP contribution in [0.4, 0.5) is 5.13 Å². The summed E-state index contributed by atoms with van der Waals surface area (Å²) in [5.41, 5.74) is 0. The molecule has 4 nitrogen and oxygen atoms in total. The third-order valence-corrected chi connectivity index (χ3v) is 4.84. The zero-order valence-electron chi connectivity index (χ0n) is 10.2. The highest BCUT2D eigenvalue weighted by atomic mass is 35.5. The Hall–Kier alpha value is -0.360. The van der Waals surface area contributed by atoms with E-state index in [9.17, 15) is 0 Å². The van der Waals surface area contributed by atoms with Crippen LogP contribution >= 0.6 is 22.9 Å². The second-order valence-electron chi connectivity index (χ2n) is 4.53. The van der Waals surface area contributed by atoms with Gasteiger partial charge in [0.1, 0.15) is 5.15 Å². The summed E-state index contributed by atoms with van der Waals surface area (Å²) in [6, 6.07) is 0.597. The zero-order valence-corrected chi connectivity index (χ0v) is 11.8. The van der Waals surface area contributed by atoms with Crippen LogP contribution in [0.1, 0.15) is 17.7 Å². The lowest BCUT2D eigenvalue weighted by Crippen LogP contribution is -2.36. The summed E-state index contributed by atoms with van der Waals surface area (Å²) in [5.74, 6) is 0. The summed E-state index contributed by atoms with van der Waals surface area (Å²) < 4.78 is 0. The van der Waals surface area contributed by atoms with E-state index in [-0.39, 0.29) is 6.61 Å². The summed E-state index contributed by atoms with van der Waals surface area (Å²) in [6.07, 6.45) is 2.52. The summed E-state index contributed by atoms with van der Waals surface area (Å²) in [7, 11) is 4.20. The molecule has 1 fully saturated rings. The molecule has 1 aromatic rings. The van der Waals surface area contributed by atoms with E-state index in [1.165, 1.54) is 30.7 Å². The first-order chi connectivity index (χ1) is 8.11. The molecule has 0 radical (unpaired) electrons. The first-order valence-corrected chi connectivity index (χ1v) is 6.98. The van der Waals surface area contributed by atoms with Crippen molar-refractivity contribution < 1.29 is 5.11 Å². The molecule has 17 heavy (non-hydrogen) atoms. The molecule has 1 atom stereocenters. The Bertz CT molecular complexity index is 385. The number of nitrogens with zero attached hydrogens (tertiary/aromatic N) is 3. The fraction of sp³-hybridized carbons (Fsp3) is 0.727. The van der Waals surface area contributed by atoms with Crippen molar-refractivity contribution in [3.63, 3.8) is 0 Å². The van der Waals surface area contributed by atoms with Crippen LogP contribution < -0.4 is 4.90 Å². The average Bonchev–Trinajstić information content (AvgIpc) is 2.86. The number of thiazole rings is 1. The van der Waals surface area contributed by atoms with E-state index in [4.69, 9.17) is 16.7 Å². The van der Waals surface area contributed by atoms with Crippen LogP contribution in [0, 0.1) is 0 Å². The van der Waals surface area contributed by atoms with Gasteiger partial charge in [0.15, 0.2) is 5.13 Å². The highest BCUT2D eigenvalue weighted by molar-refractivity contribution is 7.16. The molecule has 0 amide bonds. The molecule has 1 aliphatic heterocycles. The number of aliphatic hydroxyl groups excluding tert-OH is 1. The molecule has 1 saturated heterocycles. The van der Waals surface area contributed by atoms with Crippen LogP contribution in [0.5, 0.6) is 0 Å². The first-order valence-electron chi connectivity index (χ1n) is 5.79. The molecule has 0 aromatic carbocycles. The van der Waals surface area contributed by atoms with E-state index in [0.717, 1.165) is 16.6 Å². The fourth-order valence-corrected chi connectivity index (χ4v) is 3.27. The van der Waals surface area contributed by atoms with E-state index in [2.05, 4.69) is 21.8 Å². The number of aromatic nitrogens is 1. The van der Waals surface area contributed by atoms with E-state index < -0.39 is 0 Å². The van der Waals surface area contributed by atoms with Gasteiger partial charge >= 0.3 is 0 Å². The maximum atomic E-state index is 9.10. The highest BCUT2D eigenvalue weighted by Crippen LogP contribution is 2.29. The second-order valence-corrected chi connectivity index (χ2v) is 5.95. The second kappa shape index (κ2) is 5.52. The number of hydrogen-bond acceptors (Lipinski definition) is 5. The summed E-state index contributed by atoms with van der Waals surface area (Å²) in [6.45, 7) is 2.11. The SMILES string of the molecule is CN(CC1CCCN1C)c1nc(Cl)c(CO)s1. The number of likely N-dealkylation sites (N-methyl/N-ethyl adjacent to an activating group) is 2. The molecule has 1 aliphatic rings. The number of aliphatic hydroxyl groups is 1. The molecular weight excluding hydrogens is 258 g/mol. The molecule has 0 aliphatic carbocycles. The minimum atomic E-state index is -0.0341. The van der Waals surface area contributed by atoms with Gasteiger partial charge in [0.2, 0.25) is 0 Å². The first kappa shape index (κ1) is 13.1. The van der Waals surface area contributed by atoms with Crippen molar-refractivity contribution in [2.24, 2.45) is 0 Å². The largest absolute Gasteiger partial charge is 0.391 e. The van der Waals surface area contributed by atoms with Crippen molar-refractivity contribution in [3.8, 4) is 0 Å². The van der Waals surface area contributed by atoms with E-state index in [1.54, 1.807) is 0 Å². The van der Waals surface area contributed by atoms with Gasteiger partial charge in [0.05, 0.1) is 11.5 Å². The molecule has 2 heterocycles. The Labute approximate surface area is 111 Å². The van der Waals surface area contributed by atoms with Gasteiger partial charge in [-0.1, -0.05) is 22.9 Å². The Kier molecular flexibility index (Phi) is 4.25. The van der Waals surface area contributed by atoms with Gasteiger partial charge in [0, 0.05) is 19.6 Å². The number of rotatable bonds is 4. The topological polar surface area (TPSA) is 39.6 Å². The van der Waals surface area contributed by atoms with Gasteiger partial charge in [0.25, 0.3) is 0 Å². The van der Waals surface area contributed by atoms with Crippen LogP contribution in [0.3, 0.4) is 0 Å². The van der Waals surface area contributed by atoms with Crippen LogP contribution in [0.2, 0.25) is 5.15 Å². The molecule has 1 aromatic heterocycles. The Balaban J connectivity index is 2.01. The standard InChI is InChI=1S/C11H18ClN3OS/c1-14-5-3-4-8(14)6-15(2)11-13-10(12)9(7-16)17-11/h8,16H,3-7H2,1-2H3. The minimum absolute atomic E-state index is 0.0341. The lowest BCUT2D eigenvalue weighted by atomic mass is 10.2. The number of hydrogen-bond donors (Lipinski definition) is 1. The molecule has 1 unspecified atom stereocenters. The van der Waals surface area contributed by atoms with Crippen molar-refractivity contribution in [2.45, 2.75) is 25.5 Å². The predicted octanol–water partition coefficient (Wildman–Crippen LogP) is 1.82. The van der Waals surface area contributed by atoms with E-state index in [0.29, 0.717) is 11.2 Å². The maximum absolute atomic E-state index is 9.10. The normalized spacial score (nSPS) is 21.1. The van der Waals surface area contributed by atoms with Crippen molar-refractivity contribution in [1.82, 2.24) is 9.88 Å². The summed E-state index contributed by atoms with van der Waals surface area (Å²) in [5, 5.41) is 10.4. The smallest absolute Gasteiger partial charge is 0.186 e. The number of likely N-dealkylation sites (tertiary alicyclic amines) is 1. The third kappa shape index (κ3) is 2.91. The molecule has 0 saturated carbocycles. The molecule has 0 bridgehead atoms. The minimum Gasteiger partial charge on any atom is -0.391 e. The lowest BCUT2D eigenvalue weighted by molar-refractivity contribution is 0.285. The van der Waals surface area contributed by atoms with E-state index >= 15 is 0 Å². The predicted molar refractivity (Wildman–Crippen MR) is 72.0 cm³/mol. The van der Waals surface area contributed by atoms with Crippen LogP contribution in [-0.4, -0.2) is 48.2 Å². The third-order valence-electron chi connectivity index (χ3n) is 3.26. The van der Waals surface area contributed by atoms with Crippen molar-refractivity contribution in [1.29, 1.82) is 0 Å². The van der Waals surface area contributed by atoms with Crippen molar-refractivity contribution in [3.05, 3.63) is 10.0 Å². The molecule has 1 N–H and O–H groups in total. The van der Waals surface area contributed by atoms with E-state index in [1.807, 2.05) is 7.05 Å². The lowest BCUT2D eigenvalue weighted by Gasteiger charge is -2.25. The average molecular weight is 276 g/mol. The quantitative estimate of drug-likeness (QED) is 0.910. The fourth-order valence-electron chi connectivity index (χ4n) is 2.19. The molecule has 6 heteroatoms. The molecular formula is C11H18ClN3OS. The molecule has 2 rings (SSSR count). The van der Waals surface area contributed by atoms with Crippen LogP contribution in [0.25, 0.3) is 0 Å². The zero-order chi connectivity index (χ0) is 12.4. The number of halogens is 1. The van der Waals surface area contributed by atoms with Crippen molar-refractivity contribution >= 4 is 28.1 Å². The van der Waals surface area contributed by atoms with Gasteiger partial charge < -0.3 is 14.9 Å². The highest BCUT2D eigenvalue weighted by Gasteiger charge is 2.23. The summed E-state index contributed by atoms with van der Waals surface area (Å²) in [4.78, 5) is 9.54. The maximum Gasteiger partial charge on any atom is 0.186 e. The Morgan fingerprint density at radius 2 is 2.41 bits per heavy atom. The van der Waals surface area contributed by atoms with Crippen molar-refractivity contribution in [2.75, 3.05) is 32.1 Å². The van der Waals surface area contributed by atoms with Crippen LogP contribution in [0.15, 0.2) is 0 Å². The van der Waals surface area contributed by atoms with Gasteiger partial charge in [-0.2, -0.15) is 0 Å². The monoisotopic (exact) mass is 275 g/mol. The van der Waals surface area contributed by atoms with Gasteiger partial charge in [-0.25, -0.2) is 4.98 Å². The Morgan fingerprint density at radius 1 is 1.65 bits per heavy atom. The van der Waals surface area contributed by atoms with Gasteiger partial charge in [-0.15, -0.1) is 0 Å². The Morgan fingerprint density at radius 3 is 2.94 bits per heavy atom. The molecule has 96 valence electrons. The number of anilines is 1.